The maximum atomic E-state index is 12.5. The van der Waals surface area contributed by atoms with E-state index in [1.165, 1.54) is 12.4 Å². The number of nitriles is 1. The van der Waals surface area contributed by atoms with Crippen molar-refractivity contribution in [3.8, 4) is 6.07 Å². The molecule has 3 aliphatic rings. The fourth-order valence-corrected chi connectivity index (χ4v) is 9.89. The molecule has 77 heavy (non-hydrogen) atoms. The van der Waals surface area contributed by atoms with E-state index in [4.69, 9.17) is 24.6 Å². The standard InChI is InChI=1S/C17H17N3O6S.C16H17BrN2O6S.C13H18N2O8S/c18-5-8-1-3-9(4-2-8)12(22)11-6-19-17(27-11)20-16-15(25)14(24)13(23)10(7-21)26-16;17-8-3-1-7(2-4-8)11(21)10-5-18-16(26-10)19-15-14(24)13(23)12(22)9(6-20)25-15;1-2-22-12(21)8(18)6-3-14-13(24-6)15-11-10(20)9(19)7(17)5(4-16)23-11/h1-4,6,10,13-16,21,23-25H,7H2,(H,19,20);1-5,9,12-15,20,22-24H,6H2,(H,18,19);3,5,7,9-11,16-17,19-20H,2,4H2,1H3,(H,14,15). The molecule has 0 aliphatic carbocycles. The van der Waals surface area contributed by atoms with Crippen LogP contribution in [-0.4, -0.2) is 218 Å². The molecule has 3 saturated heterocycles. The minimum atomic E-state index is -1.53. The molecule has 3 aromatic heterocycles. The third-order valence-corrected chi connectivity index (χ3v) is 14.8. The number of halogens is 1. The second-order valence-electron chi connectivity index (χ2n) is 16.7. The Kier molecular flexibility index (Phi) is 22.1. The van der Waals surface area contributed by atoms with Gasteiger partial charge >= 0.3 is 5.97 Å². The zero-order valence-electron chi connectivity index (χ0n) is 39.9. The molecule has 2 aromatic carbocycles. The van der Waals surface area contributed by atoms with Crippen LogP contribution in [0.15, 0.2) is 71.6 Å². The highest BCUT2D eigenvalue weighted by molar-refractivity contribution is 9.10. The maximum absolute atomic E-state index is 12.5. The summed E-state index contributed by atoms with van der Waals surface area (Å²) >= 11 is 6.23. The maximum Gasteiger partial charge on any atom is 0.380 e. The van der Waals surface area contributed by atoms with Crippen LogP contribution >= 0.6 is 49.9 Å². The van der Waals surface area contributed by atoms with E-state index < -0.39 is 124 Å². The van der Waals surface area contributed by atoms with Crippen LogP contribution < -0.4 is 16.0 Å². The van der Waals surface area contributed by atoms with Gasteiger partial charge in [0.05, 0.1) is 66.4 Å². The van der Waals surface area contributed by atoms with Crippen molar-refractivity contribution < 1.29 is 99.4 Å². The lowest BCUT2D eigenvalue weighted by atomic mass is 9.98. The zero-order valence-corrected chi connectivity index (χ0v) is 43.9. The summed E-state index contributed by atoms with van der Waals surface area (Å²) < 4.78 is 21.4. The summed E-state index contributed by atoms with van der Waals surface area (Å²) in [6.07, 6.45) is -15.8. The number of carbonyl (C=O) groups excluding carboxylic acids is 4. The van der Waals surface area contributed by atoms with Gasteiger partial charge in [0.15, 0.2) is 34.1 Å². The van der Waals surface area contributed by atoms with Crippen LogP contribution in [0.2, 0.25) is 0 Å². The van der Waals surface area contributed by atoms with Gasteiger partial charge in [0, 0.05) is 15.6 Å². The van der Waals surface area contributed by atoms with E-state index in [0.717, 1.165) is 44.7 Å². The quantitative estimate of drug-likeness (QED) is 0.0286. The predicted molar refractivity (Wildman–Crippen MR) is 272 cm³/mol. The van der Waals surface area contributed by atoms with Crippen molar-refractivity contribution in [1.82, 2.24) is 15.0 Å². The van der Waals surface area contributed by atoms with Crippen molar-refractivity contribution >= 4 is 88.7 Å². The number of nitrogens with one attached hydrogen (secondary N) is 3. The molecular formula is C46H52BrN7O20S3. The zero-order chi connectivity index (χ0) is 56.2. The number of Topliss-reactive ketones (excluding diaryl/α,β-unsaturated/α-hetero) is 1. The molecule has 6 heterocycles. The molecule has 0 spiro atoms. The van der Waals surface area contributed by atoms with Crippen molar-refractivity contribution in [2.45, 2.75) is 98.9 Å². The summed E-state index contributed by atoms with van der Waals surface area (Å²) in [5.41, 5.74) is 1.36. The van der Waals surface area contributed by atoms with Crippen LogP contribution in [0.5, 0.6) is 0 Å². The van der Waals surface area contributed by atoms with Gasteiger partial charge < -0.3 is 96.2 Å². The van der Waals surface area contributed by atoms with Crippen molar-refractivity contribution in [2.24, 2.45) is 0 Å². The minimum absolute atomic E-state index is 0.0283. The highest BCUT2D eigenvalue weighted by atomic mass is 79.9. The van der Waals surface area contributed by atoms with Gasteiger partial charge in [-0.15, -0.1) is 0 Å². The molecule has 15 N–H and O–H groups in total. The van der Waals surface area contributed by atoms with E-state index in [2.05, 4.69) is 51.6 Å². The lowest BCUT2D eigenvalue weighted by molar-refractivity contribution is -0.221. The summed E-state index contributed by atoms with van der Waals surface area (Å²) in [6, 6.07) is 15.1. The summed E-state index contributed by atoms with van der Waals surface area (Å²) in [6.45, 7) is 0.0224. The topological polar surface area (TPSA) is 447 Å². The molecule has 27 nitrogen and oxygen atoms in total. The van der Waals surface area contributed by atoms with E-state index in [1.54, 1.807) is 55.5 Å². The third-order valence-electron chi connectivity index (χ3n) is 11.5. The summed E-state index contributed by atoms with van der Waals surface area (Å²) in [7, 11) is 0. The molecule has 15 atom stereocenters. The Hall–Kier alpha value is -5.42. The summed E-state index contributed by atoms with van der Waals surface area (Å²) in [5.74, 6) is -2.33. The SMILES string of the molecule is CCOC(=O)C(=O)c1cnc(NC2OC(CO)C(O)C(O)C2O)s1.N#Cc1ccc(C(=O)c2cnc(NC3OC(CO)C(O)C(O)C3O)s2)cc1.O=C(c1ccc(Br)cc1)c1cnc(NC2OC(CO)C(O)C(O)C2O)s1. The monoisotopic (exact) mass is 1200 g/mol. The van der Waals surface area contributed by atoms with Crippen molar-refractivity contribution in [3.63, 3.8) is 0 Å². The lowest BCUT2D eigenvalue weighted by Gasteiger charge is -2.40. The molecule has 0 saturated carbocycles. The normalized spacial score (nSPS) is 28.8. The van der Waals surface area contributed by atoms with Crippen molar-refractivity contribution in [2.75, 3.05) is 42.4 Å². The Balaban J connectivity index is 0.000000188. The van der Waals surface area contributed by atoms with Gasteiger partial charge in [0.25, 0.3) is 5.78 Å². The smallest absolute Gasteiger partial charge is 0.380 e. The first kappa shape index (κ1) is 60.8. The molecule has 3 aliphatic heterocycles. The lowest BCUT2D eigenvalue weighted by Crippen LogP contribution is -2.60. The summed E-state index contributed by atoms with van der Waals surface area (Å²) in [5, 5.41) is 134. The number of ether oxygens (including phenoxy) is 4. The Morgan fingerprint density at radius 2 is 0.896 bits per heavy atom. The molecular weight excluding hydrogens is 1150 g/mol. The Morgan fingerprint density at radius 1 is 0.558 bits per heavy atom. The van der Waals surface area contributed by atoms with E-state index in [9.17, 15) is 75.3 Å². The van der Waals surface area contributed by atoms with Gasteiger partial charge in [-0.3, -0.25) is 14.4 Å². The first-order valence-corrected chi connectivity index (χ1v) is 26.1. The average molecular weight is 1200 g/mol. The number of aliphatic hydroxyl groups is 12. The summed E-state index contributed by atoms with van der Waals surface area (Å²) in [4.78, 5) is 60.9. The molecule has 8 rings (SSSR count). The van der Waals surface area contributed by atoms with Crippen LogP contribution in [0, 0.1) is 11.3 Å². The molecule has 31 heteroatoms. The number of nitrogens with zero attached hydrogens (tertiary/aromatic N) is 4. The van der Waals surface area contributed by atoms with E-state index in [1.807, 2.05) is 6.07 Å². The number of thiazole rings is 3. The first-order chi connectivity index (χ1) is 36.7. The first-order valence-electron chi connectivity index (χ1n) is 22.9. The van der Waals surface area contributed by atoms with Gasteiger partial charge in [-0.05, 0) is 55.5 Å². The second-order valence-corrected chi connectivity index (χ2v) is 20.7. The van der Waals surface area contributed by atoms with E-state index >= 15 is 0 Å². The minimum Gasteiger partial charge on any atom is -0.460 e. The highest BCUT2D eigenvalue weighted by Crippen LogP contribution is 2.30. The second kappa shape index (κ2) is 27.9. The van der Waals surface area contributed by atoms with E-state index in [0.29, 0.717) is 31.6 Å². The highest BCUT2D eigenvalue weighted by Gasteiger charge is 2.46. The largest absolute Gasteiger partial charge is 0.460 e. The number of benzene rings is 2. The Labute approximate surface area is 456 Å². The van der Waals surface area contributed by atoms with Crippen LogP contribution in [0.3, 0.4) is 0 Å². The van der Waals surface area contributed by atoms with Crippen molar-refractivity contribution in [3.05, 3.63) is 103 Å². The molecule has 3 fully saturated rings. The number of carbonyl (C=O) groups is 4. The molecule has 0 amide bonds. The van der Waals surface area contributed by atoms with Crippen LogP contribution in [0.1, 0.15) is 52.6 Å². The van der Waals surface area contributed by atoms with Gasteiger partial charge in [-0.25, -0.2) is 19.7 Å². The van der Waals surface area contributed by atoms with Crippen LogP contribution in [-0.2, 0) is 23.7 Å². The van der Waals surface area contributed by atoms with Gasteiger partial charge in [0.1, 0.15) is 78.1 Å². The number of hydrogen-bond acceptors (Lipinski definition) is 30. The van der Waals surface area contributed by atoms with Crippen LogP contribution in [0.25, 0.3) is 0 Å². The number of aromatic nitrogens is 3. The molecule has 0 radical (unpaired) electrons. The number of ketones is 3. The number of hydrogen-bond donors (Lipinski definition) is 15. The fraction of sp³-hybridized carbons (Fsp3) is 0.435. The molecule has 15 unspecified atom stereocenters. The van der Waals surface area contributed by atoms with Gasteiger partial charge in [-0.2, -0.15) is 5.26 Å². The fourth-order valence-electron chi connectivity index (χ4n) is 7.24. The van der Waals surface area contributed by atoms with E-state index in [-0.39, 0.29) is 33.3 Å². The Morgan fingerprint density at radius 3 is 1.23 bits per heavy atom. The number of anilines is 3. The molecule has 416 valence electrons. The van der Waals surface area contributed by atoms with Gasteiger partial charge in [-0.1, -0.05) is 49.9 Å². The van der Waals surface area contributed by atoms with Crippen molar-refractivity contribution in [1.29, 1.82) is 5.26 Å². The molecule has 5 aromatic rings. The third kappa shape index (κ3) is 15.0. The van der Waals surface area contributed by atoms with Gasteiger partial charge in [0.2, 0.25) is 11.6 Å². The average Bonchev–Trinajstić information content (AvgIpc) is 4.24. The predicted octanol–water partition coefficient (Wildman–Crippen LogP) is -2.09. The Bertz CT molecular complexity index is 2800. The number of rotatable bonds is 16. The molecule has 0 bridgehead atoms. The number of aliphatic hydroxyl groups excluding tert-OH is 12. The number of esters is 1. The van der Waals surface area contributed by atoms with Crippen LogP contribution in [0.4, 0.5) is 15.4 Å².